The highest BCUT2D eigenvalue weighted by molar-refractivity contribution is 7.15. The molecule has 150 valence electrons. The minimum Gasteiger partial charge on any atom is -0.427 e. The Balaban J connectivity index is 1.78. The molecule has 9 nitrogen and oxygen atoms in total. The number of pyridine rings is 1. The number of esters is 2. The van der Waals surface area contributed by atoms with Gasteiger partial charge in [-0.25, -0.2) is 0 Å². The van der Waals surface area contributed by atoms with Crippen molar-refractivity contribution in [3.8, 4) is 22.9 Å². The molecule has 0 radical (unpaired) electrons. The third kappa shape index (κ3) is 3.94. The van der Waals surface area contributed by atoms with Gasteiger partial charge in [-0.1, -0.05) is 11.3 Å². The first-order valence-corrected chi connectivity index (χ1v) is 9.55. The number of carbonyl (C=O) groups excluding carboxylic acids is 2. The van der Waals surface area contributed by atoms with Crippen molar-refractivity contribution in [1.82, 2.24) is 19.6 Å². The summed E-state index contributed by atoms with van der Waals surface area (Å²) in [6.45, 7) is 2.52. The summed E-state index contributed by atoms with van der Waals surface area (Å²) in [6.07, 6.45) is 4.82. The lowest BCUT2D eigenvalue weighted by molar-refractivity contribution is -0.132. The van der Waals surface area contributed by atoms with E-state index in [4.69, 9.17) is 9.47 Å². The van der Waals surface area contributed by atoms with Gasteiger partial charge >= 0.3 is 11.9 Å². The number of thiazole rings is 1. The summed E-state index contributed by atoms with van der Waals surface area (Å²) in [7, 11) is 0. The van der Waals surface area contributed by atoms with Crippen molar-refractivity contribution in [2.45, 2.75) is 13.8 Å². The van der Waals surface area contributed by atoms with Gasteiger partial charge in [0.2, 0.25) is 4.96 Å². The number of benzene rings is 1. The summed E-state index contributed by atoms with van der Waals surface area (Å²) in [5.41, 5.74) is 0.877. The fourth-order valence-electron chi connectivity index (χ4n) is 2.70. The first-order chi connectivity index (χ1) is 14.4. The van der Waals surface area contributed by atoms with Crippen LogP contribution in [-0.2, 0) is 9.59 Å². The van der Waals surface area contributed by atoms with E-state index in [2.05, 4.69) is 15.1 Å². The van der Waals surface area contributed by atoms with Gasteiger partial charge in [0.15, 0.2) is 5.82 Å². The molecular formula is C20H14N4O5S. The molecule has 0 spiro atoms. The molecule has 0 saturated carbocycles. The largest absolute Gasteiger partial charge is 0.427 e. The molecule has 3 aromatic heterocycles. The van der Waals surface area contributed by atoms with Gasteiger partial charge in [0.05, 0.1) is 4.53 Å². The van der Waals surface area contributed by atoms with Gasteiger partial charge in [0.25, 0.3) is 5.56 Å². The van der Waals surface area contributed by atoms with Crippen LogP contribution in [0.3, 0.4) is 0 Å². The molecule has 0 aliphatic carbocycles. The van der Waals surface area contributed by atoms with E-state index >= 15 is 0 Å². The Bertz CT molecular complexity index is 1380. The van der Waals surface area contributed by atoms with Crippen LogP contribution in [0.1, 0.15) is 19.4 Å². The number of nitrogens with zero attached hydrogens (tertiary/aromatic N) is 4. The summed E-state index contributed by atoms with van der Waals surface area (Å²) in [6, 6.07) is 8.06. The summed E-state index contributed by atoms with van der Waals surface area (Å²) in [5, 5.41) is 4.28. The first kappa shape index (κ1) is 19.4. The molecule has 4 aromatic rings. The van der Waals surface area contributed by atoms with Crippen molar-refractivity contribution in [3.05, 3.63) is 63.2 Å². The van der Waals surface area contributed by atoms with Crippen LogP contribution in [0.2, 0.25) is 0 Å². The monoisotopic (exact) mass is 422 g/mol. The van der Waals surface area contributed by atoms with E-state index in [1.165, 1.54) is 24.4 Å². The molecule has 10 heteroatoms. The van der Waals surface area contributed by atoms with Gasteiger partial charge in [-0.15, -0.1) is 5.10 Å². The molecule has 0 amide bonds. The lowest BCUT2D eigenvalue weighted by Crippen LogP contribution is -2.23. The van der Waals surface area contributed by atoms with E-state index < -0.39 is 11.9 Å². The van der Waals surface area contributed by atoms with Crippen LogP contribution in [0.4, 0.5) is 0 Å². The zero-order valence-electron chi connectivity index (χ0n) is 15.9. The average molecular weight is 422 g/mol. The summed E-state index contributed by atoms with van der Waals surface area (Å²) < 4.78 is 11.8. The number of ether oxygens (including phenoxy) is 2. The number of rotatable bonds is 4. The Morgan fingerprint density at radius 1 is 1.07 bits per heavy atom. The zero-order chi connectivity index (χ0) is 21.3. The number of hydrogen-bond donors (Lipinski definition) is 0. The van der Waals surface area contributed by atoms with E-state index in [0.717, 1.165) is 16.9 Å². The highest BCUT2D eigenvalue weighted by atomic mass is 32.1. The fraction of sp³-hybridized carbons (Fsp3) is 0.100. The Kier molecular flexibility index (Phi) is 5.07. The minimum absolute atomic E-state index is 0.164. The number of aromatic nitrogens is 4. The molecule has 0 aliphatic heterocycles. The topological polar surface area (TPSA) is 113 Å². The third-order valence-corrected chi connectivity index (χ3v) is 4.87. The van der Waals surface area contributed by atoms with Crippen LogP contribution in [0.15, 0.2) is 47.5 Å². The standard InChI is InChI=1S/C20H14N4O5S/c1-11(25)28-15-4-3-14(16(10-15)29-12(2)26)9-17-19(27)24-20(30-17)22-18(23-24)13-5-7-21-8-6-13/h3-10H,1-2H3/b17-9-. The van der Waals surface area contributed by atoms with Crippen molar-refractivity contribution in [1.29, 1.82) is 0 Å². The molecule has 0 saturated heterocycles. The van der Waals surface area contributed by atoms with E-state index in [1.807, 2.05) is 0 Å². The SMILES string of the molecule is CC(=O)Oc1ccc(/C=c2\sc3nc(-c4ccncc4)nn3c2=O)c(OC(C)=O)c1. The van der Waals surface area contributed by atoms with Crippen molar-refractivity contribution in [3.63, 3.8) is 0 Å². The predicted octanol–water partition coefficient (Wildman–Crippen LogP) is 1.61. The van der Waals surface area contributed by atoms with Gasteiger partial charge in [-0.3, -0.25) is 19.4 Å². The van der Waals surface area contributed by atoms with Crippen molar-refractivity contribution in [2.75, 3.05) is 0 Å². The van der Waals surface area contributed by atoms with Gasteiger partial charge in [-0.05, 0) is 30.3 Å². The van der Waals surface area contributed by atoms with Crippen molar-refractivity contribution < 1.29 is 19.1 Å². The summed E-state index contributed by atoms with van der Waals surface area (Å²) >= 11 is 1.16. The fourth-order valence-corrected chi connectivity index (χ4v) is 3.60. The molecule has 0 fully saturated rings. The third-order valence-electron chi connectivity index (χ3n) is 3.91. The second-order valence-electron chi connectivity index (χ2n) is 6.17. The molecule has 0 atom stereocenters. The van der Waals surface area contributed by atoms with Crippen LogP contribution in [0.25, 0.3) is 22.4 Å². The molecule has 0 aliphatic rings. The lowest BCUT2D eigenvalue weighted by Gasteiger charge is -2.08. The van der Waals surface area contributed by atoms with E-state index in [9.17, 15) is 14.4 Å². The van der Waals surface area contributed by atoms with Gasteiger partial charge in [0.1, 0.15) is 11.5 Å². The summed E-state index contributed by atoms with van der Waals surface area (Å²) in [4.78, 5) is 44.2. The van der Waals surface area contributed by atoms with Crippen LogP contribution < -0.4 is 19.6 Å². The Labute approximate surface area is 173 Å². The summed E-state index contributed by atoms with van der Waals surface area (Å²) in [5.74, 6) is -0.229. The lowest BCUT2D eigenvalue weighted by atomic mass is 10.2. The number of fused-ring (bicyclic) bond motifs is 1. The smallest absolute Gasteiger partial charge is 0.308 e. The highest BCUT2D eigenvalue weighted by Gasteiger charge is 2.13. The van der Waals surface area contributed by atoms with Crippen LogP contribution in [0, 0.1) is 0 Å². The maximum Gasteiger partial charge on any atom is 0.308 e. The predicted molar refractivity (Wildman–Crippen MR) is 108 cm³/mol. The maximum absolute atomic E-state index is 12.8. The Morgan fingerprint density at radius 3 is 2.47 bits per heavy atom. The molecule has 30 heavy (non-hydrogen) atoms. The zero-order valence-corrected chi connectivity index (χ0v) is 16.7. The Hall–Kier alpha value is -3.92. The molecular weight excluding hydrogens is 408 g/mol. The average Bonchev–Trinajstić information content (AvgIpc) is 3.23. The van der Waals surface area contributed by atoms with E-state index in [-0.39, 0.29) is 17.1 Å². The van der Waals surface area contributed by atoms with Crippen LogP contribution in [-0.4, -0.2) is 31.5 Å². The van der Waals surface area contributed by atoms with E-state index in [1.54, 1.807) is 42.7 Å². The van der Waals surface area contributed by atoms with Gasteiger partial charge in [0, 0.05) is 43.4 Å². The number of carbonyl (C=O) groups is 2. The van der Waals surface area contributed by atoms with Crippen molar-refractivity contribution >= 4 is 34.3 Å². The molecule has 1 aromatic carbocycles. The van der Waals surface area contributed by atoms with Gasteiger partial charge in [-0.2, -0.15) is 9.50 Å². The maximum atomic E-state index is 12.8. The number of hydrogen-bond acceptors (Lipinski definition) is 9. The quantitative estimate of drug-likeness (QED) is 0.360. The molecule has 3 heterocycles. The Morgan fingerprint density at radius 2 is 1.80 bits per heavy atom. The van der Waals surface area contributed by atoms with Gasteiger partial charge < -0.3 is 9.47 Å². The molecule has 4 rings (SSSR count). The molecule has 0 N–H and O–H groups in total. The van der Waals surface area contributed by atoms with Crippen LogP contribution in [0.5, 0.6) is 11.5 Å². The molecule has 0 bridgehead atoms. The van der Waals surface area contributed by atoms with Crippen LogP contribution >= 0.6 is 11.3 Å². The highest BCUT2D eigenvalue weighted by Crippen LogP contribution is 2.26. The first-order valence-electron chi connectivity index (χ1n) is 8.73. The van der Waals surface area contributed by atoms with E-state index in [0.29, 0.717) is 20.9 Å². The second-order valence-corrected chi connectivity index (χ2v) is 7.18. The van der Waals surface area contributed by atoms with Crippen molar-refractivity contribution in [2.24, 2.45) is 0 Å². The second kappa shape index (κ2) is 7.84. The minimum atomic E-state index is -0.545. The normalized spacial score (nSPS) is 11.6. The molecule has 0 unspecified atom stereocenters.